The lowest BCUT2D eigenvalue weighted by Crippen LogP contribution is -2.47. The van der Waals surface area contributed by atoms with Gasteiger partial charge in [-0.2, -0.15) is 5.26 Å². The standard InChI is InChI=1S/C16H22N4O2/c1-16(2,3)22-15(21)20-9-5-7-13(11-20)19-14-12(10-17)6-4-8-18-14/h4,6,8,13H,5,7,9,11H2,1-3H3,(H,18,19). The second-order valence-corrected chi connectivity index (χ2v) is 6.42. The second kappa shape index (κ2) is 6.65. The predicted molar refractivity (Wildman–Crippen MR) is 83.4 cm³/mol. The number of nitrogens with zero attached hydrogens (tertiary/aromatic N) is 3. The molecule has 1 N–H and O–H groups in total. The van der Waals surface area contributed by atoms with Crippen molar-refractivity contribution in [2.24, 2.45) is 0 Å². The third-order valence-corrected chi connectivity index (χ3v) is 3.34. The van der Waals surface area contributed by atoms with Gasteiger partial charge >= 0.3 is 6.09 Å². The molecular formula is C16H22N4O2. The first-order valence-corrected chi connectivity index (χ1v) is 7.48. The Morgan fingerprint density at radius 1 is 1.55 bits per heavy atom. The van der Waals surface area contributed by atoms with E-state index in [-0.39, 0.29) is 12.1 Å². The van der Waals surface area contributed by atoms with Gasteiger partial charge in [0.05, 0.1) is 5.56 Å². The summed E-state index contributed by atoms with van der Waals surface area (Å²) >= 11 is 0. The van der Waals surface area contributed by atoms with Gasteiger partial charge in [0.25, 0.3) is 0 Å². The van der Waals surface area contributed by atoms with E-state index in [1.54, 1.807) is 23.2 Å². The Balaban J connectivity index is 1.99. The molecule has 1 aromatic heterocycles. The van der Waals surface area contributed by atoms with Crippen LogP contribution in [-0.2, 0) is 4.74 Å². The third kappa shape index (κ3) is 4.35. The molecule has 6 heteroatoms. The van der Waals surface area contributed by atoms with Gasteiger partial charge < -0.3 is 15.0 Å². The molecule has 1 amide bonds. The molecule has 2 rings (SSSR count). The van der Waals surface area contributed by atoms with E-state index in [1.165, 1.54) is 0 Å². The summed E-state index contributed by atoms with van der Waals surface area (Å²) < 4.78 is 5.41. The molecule has 0 aliphatic carbocycles. The maximum Gasteiger partial charge on any atom is 0.410 e. The molecule has 1 fully saturated rings. The van der Waals surface area contributed by atoms with Crippen LogP contribution in [0.1, 0.15) is 39.2 Å². The topological polar surface area (TPSA) is 78.2 Å². The molecular weight excluding hydrogens is 280 g/mol. The minimum absolute atomic E-state index is 0.0725. The average Bonchev–Trinajstić information content (AvgIpc) is 2.46. The molecule has 1 aromatic rings. The highest BCUT2D eigenvalue weighted by atomic mass is 16.6. The Morgan fingerprint density at radius 2 is 2.32 bits per heavy atom. The zero-order chi connectivity index (χ0) is 16.2. The summed E-state index contributed by atoms with van der Waals surface area (Å²) in [7, 11) is 0. The van der Waals surface area contributed by atoms with Crippen molar-refractivity contribution in [2.75, 3.05) is 18.4 Å². The zero-order valence-electron chi connectivity index (χ0n) is 13.3. The van der Waals surface area contributed by atoms with Crippen molar-refractivity contribution in [3.05, 3.63) is 23.9 Å². The van der Waals surface area contributed by atoms with Crippen LogP contribution in [0.15, 0.2) is 18.3 Å². The fraction of sp³-hybridized carbons (Fsp3) is 0.562. The number of anilines is 1. The summed E-state index contributed by atoms with van der Waals surface area (Å²) in [5.41, 5.74) is 0.0174. The van der Waals surface area contributed by atoms with Crippen LogP contribution in [0.25, 0.3) is 0 Å². The molecule has 118 valence electrons. The van der Waals surface area contributed by atoms with Crippen LogP contribution in [0.5, 0.6) is 0 Å². The number of aromatic nitrogens is 1. The third-order valence-electron chi connectivity index (χ3n) is 3.34. The summed E-state index contributed by atoms with van der Waals surface area (Å²) in [5.74, 6) is 0.570. The normalized spacial score (nSPS) is 18.5. The largest absolute Gasteiger partial charge is 0.444 e. The quantitative estimate of drug-likeness (QED) is 0.908. The Morgan fingerprint density at radius 3 is 3.00 bits per heavy atom. The average molecular weight is 302 g/mol. The number of hydrogen-bond acceptors (Lipinski definition) is 5. The van der Waals surface area contributed by atoms with Crippen molar-refractivity contribution in [3.8, 4) is 6.07 Å². The van der Waals surface area contributed by atoms with E-state index in [9.17, 15) is 4.79 Å². The van der Waals surface area contributed by atoms with Crippen molar-refractivity contribution < 1.29 is 9.53 Å². The number of pyridine rings is 1. The van der Waals surface area contributed by atoms with Crippen LogP contribution in [-0.4, -0.2) is 40.7 Å². The number of carbonyl (C=O) groups is 1. The predicted octanol–water partition coefficient (Wildman–Crippen LogP) is 2.76. The number of rotatable bonds is 2. The molecule has 0 aromatic carbocycles. The molecule has 0 bridgehead atoms. The SMILES string of the molecule is CC(C)(C)OC(=O)N1CCCC(Nc2ncccc2C#N)C1. The first-order chi connectivity index (χ1) is 10.4. The van der Waals surface area contributed by atoms with Gasteiger partial charge in [-0.25, -0.2) is 9.78 Å². The Kier molecular flexibility index (Phi) is 4.86. The second-order valence-electron chi connectivity index (χ2n) is 6.42. The number of likely N-dealkylation sites (tertiary alicyclic amines) is 1. The van der Waals surface area contributed by atoms with Gasteiger partial charge in [-0.15, -0.1) is 0 Å². The minimum Gasteiger partial charge on any atom is -0.444 e. The number of hydrogen-bond donors (Lipinski definition) is 1. The fourth-order valence-corrected chi connectivity index (χ4v) is 2.39. The number of carbonyl (C=O) groups excluding carboxylic acids is 1. The van der Waals surface area contributed by atoms with Crippen molar-refractivity contribution in [3.63, 3.8) is 0 Å². The van der Waals surface area contributed by atoms with Crippen LogP contribution in [0.2, 0.25) is 0 Å². The summed E-state index contributed by atoms with van der Waals surface area (Å²) in [5, 5.41) is 12.4. The van der Waals surface area contributed by atoms with Crippen molar-refractivity contribution in [1.82, 2.24) is 9.88 Å². The molecule has 1 aliphatic rings. The van der Waals surface area contributed by atoms with Gasteiger partial charge in [-0.3, -0.25) is 0 Å². The molecule has 1 saturated heterocycles. The molecule has 22 heavy (non-hydrogen) atoms. The molecule has 0 saturated carbocycles. The minimum atomic E-state index is -0.494. The van der Waals surface area contributed by atoms with Crippen LogP contribution in [0, 0.1) is 11.3 Å². The highest BCUT2D eigenvalue weighted by molar-refractivity contribution is 5.68. The van der Waals surface area contributed by atoms with Crippen LogP contribution in [0.4, 0.5) is 10.6 Å². The van der Waals surface area contributed by atoms with Gasteiger partial charge in [0.2, 0.25) is 0 Å². The maximum atomic E-state index is 12.1. The molecule has 2 heterocycles. The molecule has 6 nitrogen and oxygen atoms in total. The van der Waals surface area contributed by atoms with E-state index in [2.05, 4.69) is 16.4 Å². The Hall–Kier alpha value is -2.29. The number of nitriles is 1. The summed E-state index contributed by atoms with van der Waals surface area (Å²) in [6.07, 6.45) is 3.19. The lowest BCUT2D eigenvalue weighted by molar-refractivity contribution is 0.0206. The maximum absolute atomic E-state index is 12.1. The first-order valence-electron chi connectivity index (χ1n) is 7.48. The van der Waals surface area contributed by atoms with Crippen molar-refractivity contribution in [1.29, 1.82) is 5.26 Å². The Bertz CT molecular complexity index is 574. The lowest BCUT2D eigenvalue weighted by Gasteiger charge is -2.34. The number of piperidine rings is 1. The number of nitrogens with one attached hydrogen (secondary N) is 1. The van der Waals surface area contributed by atoms with Gasteiger partial charge in [0.1, 0.15) is 17.5 Å². The molecule has 0 spiro atoms. The number of ether oxygens (including phenoxy) is 1. The zero-order valence-corrected chi connectivity index (χ0v) is 13.3. The van der Waals surface area contributed by atoms with E-state index in [0.717, 1.165) is 12.8 Å². The van der Waals surface area contributed by atoms with Crippen molar-refractivity contribution >= 4 is 11.9 Å². The van der Waals surface area contributed by atoms with E-state index < -0.39 is 5.60 Å². The highest BCUT2D eigenvalue weighted by Gasteiger charge is 2.28. The first kappa shape index (κ1) is 16.1. The Labute approximate surface area is 131 Å². The van der Waals surface area contributed by atoms with Crippen LogP contribution >= 0.6 is 0 Å². The molecule has 0 radical (unpaired) electrons. The fourth-order valence-electron chi connectivity index (χ4n) is 2.39. The summed E-state index contributed by atoms with van der Waals surface area (Å²) in [6, 6.07) is 5.65. The van der Waals surface area contributed by atoms with E-state index in [0.29, 0.717) is 24.5 Å². The number of amides is 1. The van der Waals surface area contributed by atoms with E-state index in [4.69, 9.17) is 10.00 Å². The van der Waals surface area contributed by atoms with Crippen LogP contribution < -0.4 is 5.32 Å². The van der Waals surface area contributed by atoms with Gasteiger partial charge in [0.15, 0.2) is 0 Å². The van der Waals surface area contributed by atoms with E-state index in [1.807, 2.05) is 20.8 Å². The van der Waals surface area contributed by atoms with E-state index >= 15 is 0 Å². The van der Waals surface area contributed by atoms with Gasteiger partial charge in [-0.1, -0.05) is 0 Å². The smallest absolute Gasteiger partial charge is 0.410 e. The summed E-state index contributed by atoms with van der Waals surface area (Å²) in [4.78, 5) is 18.1. The van der Waals surface area contributed by atoms with Crippen LogP contribution in [0.3, 0.4) is 0 Å². The molecule has 1 aliphatic heterocycles. The van der Waals surface area contributed by atoms with Gasteiger partial charge in [0, 0.05) is 25.3 Å². The monoisotopic (exact) mass is 302 g/mol. The molecule has 1 atom stereocenters. The molecule has 1 unspecified atom stereocenters. The lowest BCUT2D eigenvalue weighted by atomic mass is 10.1. The van der Waals surface area contributed by atoms with Crippen molar-refractivity contribution in [2.45, 2.75) is 45.3 Å². The van der Waals surface area contributed by atoms with Gasteiger partial charge in [-0.05, 0) is 45.7 Å². The highest BCUT2D eigenvalue weighted by Crippen LogP contribution is 2.19. The summed E-state index contributed by atoms with van der Waals surface area (Å²) in [6.45, 7) is 6.82.